The maximum atomic E-state index is 10.8. The quantitative estimate of drug-likeness (QED) is 0.408. The van der Waals surface area contributed by atoms with Gasteiger partial charge in [0.05, 0.1) is 6.42 Å². The average molecular weight is 154 g/mol. The van der Waals surface area contributed by atoms with Gasteiger partial charge < -0.3 is 9.53 Å². The molecule has 3 nitrogen and oxygen atoms in total. The van der Waals surface area contributed by atoms with Crippen molar-refractivity contribution in [1.82, 2.24) is 0 Å². The monoisotopic (exact) mass is 154 g/mol. The number of hydrogen-bond donors (Lipinski definition) is 0. The van der Waals surface area contributed by atoms with Crippen LogP contribution in [0.5, 0.6) is 0 Å². The number of carbonyl (C=O) groups is 2. The van der Waals surface area contributed by atoms with Crippen LogP contribution < -0.4 is 0 Å². The summed E-state index contributed by atoms with van der Waals surface area (Å²) in [7, 11) is 0. The molecule has 0 unspecified atom stereocenters. The number of aldehydes is 1. The molecular formula is C8H10O3. The minimum absolute atomic E-state index is 0.0534. The molecule has 3 heteroatoms. The third-order valence-electron chi connectivity index (χ3n) is 2.67. The van der Waals surface area contributed by atoms with Gasteiger partial charge in [0.1, 0.15) is 12.4 Å². The molecule has 3 atom stereocenters. The van der Waals surface area contributed by atoms with Gasteiger partial charge in [0.15, 0.2) is 0 Å². The second-order valence-electron chi connectivity index (χ2n) is 3.27. The molecule has 0 spiro atoms. The summed E-state index contributed by atoms with van der Waals surface area (Å²) < 4.78 is 5.02. The molecule has 60 valence electrons. The van der Waals surface area contributed by atoms with Gasteiger partial charge in [-0.25, -0.2) is 0 Å². The van der Waals surface area contributed by atoms with Crippen molar-refractivity contribution in [2.24, 2.45) is 11.8 Å². The highest BCUT2D eigenvalue weighted by atomic mass is 16.5. The largest absolute Gasteiger partial charge is 0.462 e. The van der Waals surface area contributed by atoms with Gasteiger partial charge in [0.25, 0.3) is 0 Å². The van der Waals surface area contributed by atoms with E-state index in [9.17, 15) is 9.59 Å². The van der Waals surface area contributed by atoms with Crippen molar-refractivity contribution in [3.05, 3.63) is 0 Å². The molecule has 2 fully saturated rings. The first-order chi connectivity index (χ1) is 5.31. The average Bonchev–Trinajstić information content (AvgIpc) is 2.45. The summed E-state index contributed by atoms with van der Waals surface area (Å²) in [5.74, 6) is 0.137. The van der Waals surface area contributed by atoms with Gasteiger partial charge >= 0.3 is 5.97 Å². The van der Waals surface area contributed by atoms with E-state index in [1.54, 1.807) is 0 Å². The first-order valence-electron chi connectivity index (χ1n) is 3.96. The number of fused-ring (bicyclic) bond motifs is 1. The van der Waals surface area contributed by atoms with Crippen molar-refractivity contribution in [2.75, 3.05) is 0 Å². The van der Waals surface area contributed by atoms with Crippen LogP contribution in [0, 0.1) is 11.8 Å². The minimum Gasteiger partial charge on any atom is -0.462 e. The van der Waals surface area contributed by atoms with Crippen LogP contribution >= 0.6 is 0 Å². The predicted molar refractivity (Wildman–Crippen MR) is 36.8 cm³/mol. The summed E-state index contributed by atoms with van der Waals surface area (Å²) in [5, 5.41) is 0. The van der Waals surface area contributed by atoms with Crippen LogP contribution in [-0.2, 0) is 14.3 Å². The lowest BCUT2D eigenvalue weighted by molar-refractivity contribution is -0.141. The molecule has 2 aliphatic rings. The fraction of sp³-hybridized carbons (Fsp3) is 0.750. The minimum atomic E-state index is -0.133. The Morgan fingerprint density at radius 2 is 2.27 bits per heavy atom. The van der Waals surface area contributed by atoms with Crippen molar-refractivity contribution in [1.29, 1.82) is 0 Å². The molecule has 0 radical (unpaired) electrons. The van der Waals surface area contributed by atoms with Gasteiger partial charge in [-0.05, 0) is 12.8 Å². The van der Waals surface area contributed by atoms with E-state index >= 15 is 0 Å². The van der Waals surface area contributed by atoms with E-state index in [0.717, 1.165) is 19.1 Å². The highest BCUT2D eigenvalue weighted by molar-refractivity contribution is 5.73. The molecule has 1 aliphatic heterocycles. The van der Waals surface area contributed by atoms with E-state index in [-0.39, 0.29) is 23.9 Å². The van der Waals surface area contributed by atoms with Crippen molar-refractivity contribution in [3.8, 4) is 0 Å². The zero-order valence-electron chi connectivity index (χ0n) is 6.16. The van der Waals surface area contributed by atoms with E-state index in [1.165, 1.54) is 0 Å². The molecular weight excluding hydrogens is 144 g/mol. The van der Waals surface area contributed by atoms with Crippen molar-refractivity contribution in [3.63, 3.8) is 0 Å². The van der Waals surface area contributed by atoms with Crippen LogP contribution in [0.25, 0.3) is 0 Å². The summed E-state index contributed by atoms with van der Waals surface area (Å²) >= 11 is 0. The Morgan fingerprint density at radius 1 is 1.45 bits per heavy atom. The Hall–Kier alpha value is -0.860. The smallest absolute Gasteiger partial charge is 0.306 e. The van der Waals surface area contributed by atoms with Gasteiger partial charge in [-0.15, -0.1) is 0 Å². The third-order valence-corrected chi connectivity index (χ3v) is 2.67. The molecule has 0 N–H and O–H groups in total. The van der Waals surface area contributed by atoms with Crippen LogP contribution in [0.1, 0.15) is 19.3 Å². The first-order valence-corrected chi connectivity index (χ1v) is 3.96. The Labute approximate surface area is 64.7 Å². The topological polar surface area (TPSA) is 43.4 Å². The maximum Gasteiger partial charge on any atom is 0.306 e. The third kappa shape index (κ3) is 0.951. The van der Waals surface area contributed by atoms with Crippen LogP contribution in [0.2, 0.25) is 0 Å². The zero-order chi connectivity index (χ0) is 7.84. The lowest BCUT2D eigenvalue weighted by Crippen LogP contribution is -2.14. The van der Waals surface area contributed by atoms with Crippen LogP contribution in [0.15, 0.2) is 0 Å². The fourth-order valence-corrected chi connectivity index (χ4v) is 2.07. The summed E-state index contributed by atoms with van der Waals surface area (Å²) in [6.07, 6.45) is 3.24. The molecule has 0 aromatic heterocycles. The molecule has 1 aliphatic carbocycles. The number of carbonyl (C=O) groups excluding carboxylic acids is 2. The van der Waals surface area contributed by atoms with Crippen LogP contribution in [0.3, 0.4) is 0 Å². The molecule has 0 amide bonds. The normalized spacial score (nSPS) is 41.8. The highest BCUT2D eigenvalue weighted by Gasteiger charge is 2.44. The predicted octanol–water partition coefficient (Wildman–Crippen LogP) is 0.527. The number of esters is 1. The molecule has 0 bridgehead atoms. The van der Waals surface area contributed by atoms with E-state index in [2.05, 4.69) is 0 Å². The Kier molecular flexibility index (Phi) is 1.44. The summed E-state index contributed by atoms with van der Waals surface area (Å²) in [4.78, 5) is 21.3. The van der Waals surface area contributed by atoms with Gasteiger partial charge in [-0.2, -0.15) is 0 Å². The van der Waals surface area contributed by atoms with E-state index in [0.29, 0.717) is 6.42 Å². The van der Waals surface area contributed by atoms with Gasteiger partial charge in [-0.1, -0.05) is 0 Å². The molecule has 0 aromatic rings. The second kappa shape index (κ2) is 2.32. The van der Waals surface area contributed by atoms with Gasteiger partial charge in [0.2, 0.25) is 0 Å². The van der Waals surface area contributed by atoms with Crippen LogP contribution in [-0.4, -0.2) is 18.4 Å². The van der Waals surface area contributed by atoms with Gasteiger partial charge in [0, 0.05) is 11.8 Å². The van der Waals surface area contributed by atoms with E-state index in [4.69, 9.17) is 4.74 Å². The highest BCUT2D eigenvalue weighted by Crippen LogP contribution is 2.39. The summed E-state index contributed by atoms with van der Waals surface area (Å²) in [6, 6.07) is 0. The molecule has 0 aromatic carbocycles. The molecule has 1 heterocycles. The zero-order valence-corrected chi connectivity index (χ0v) is 6.16. The Morgan fingerprint density at radius 3 is 3.00 bits per heavy atom. The van der Waals surface area contributed by atoms with Crippen molar-refractivity contribution >= 4 is 12.3 Å². The van der Waals surface area contributed by atoms with Gasteiger partial charge in [-0.3, -0.25) is 4.79 Å². The number of ether oxygens (including phenoxy) is 1. The lowest BCUT2D eigenvalue weighted by atomic mass is 9.95. The molecule has 1 saturated heterocycles. The molecule has 2 rings (SSSR count). The molecule has 11 heavy (non-hydrogen) atoms. The number of hydrogen-bond acceptors (Lipinski definition) is 3. The SMILES string of the molecule is O=C[C@@H]1CC[C@H]2OC(=O)C[C@H]12. The molecule has 1 saturated carbocycles. The Balaban J connectivity index is 2.12. The summed E-state index contributed by atoms with van der Waals surface area (Å²) in [6.45, 7) is 0. The maximum absolute atomic E-state index is 10.8. The van der Waals surface area contributed by atoms with Crippen molar-refractivity contribution < 1.29 is 14.3 Å². The number of rotatable bonds is 1. The summed E-state index contributed by atoms with van der Waals surface area (Å²) in [5.41, 5.74) is 0. The van der Waals surface area contributed by atoms with E-state index < -0.39 is 0 Å². The fourth-order valence-electron chi connectivity index (χ4n) is 2.07. The van der Waals surface area contributed by atoms with Crippen LogP contribution in [0.4, 0.5) is 0 Å². The van der Waals surface area contributed by atoms with Crippen molar-refractivity contribution in [2.45, 2.75) is 25.4 Å². The second-order valence-corrected chi connectivity index (χ2v) is 3.27. The lowest BCUT2D eigenvalue weighted by Gasteiger charge is -2.07. The Bertz CT molecular complexity index is 200. The first kappa shape index (κ1) is 6.83. The van der Waals surface area contributed by atoms with E-state index in [1.807, 2.05) is 0 Å². The standard InChI is InChI=1S/C8H10O3/c9-4-5-1-2-7-6(5)3-8(10)11-7/h4-7H,1-3H2/t5-,6+,7+/m0/s1.